The fourth-order valence-electron chi connectivity index (χ4n) is 2.73. The molecule has 0 amide bonds. The first-order valence-electron chi connectivity index (χ1n) is 8.95. The Kier molecular flexibility index (Phi) is 10.1. The van der Waals surface area contributed by atoms with Crippen LogP contribution in [-0.4, -0.2) is 41.9 Å². The van der Waals surface area contributed by atoms with Crippen LogP contribution in [0.25, 0.3) is 0 Å². The molecule has 0 atom stereocenters. The smallest absolute Gasteiger partial charge is 0.191 e. The summed E-state index contributed by atoms with van der Waals surface area (Å²) in [4.78, 5) is 7.03. The van der Waals surface area contributed by atoms with Gasteiger partial charge in [-0.05, 0) is 38.5 Å². The summed E-state index contributed by atoms with van der Waals surface area (Å²) in [6.45, 7) is 10.6. The van der Waals surface area contributed by atoms with Gasteiger partial charge in [-0.15, -0.1) is 24.0 Å². The van der Waals surface area contributed by atoms with Crippen molar-refractivity contribution in [3.05, 3.63) is 47.8 Å². The lowest BCUT2D eigenvalue weighted by atomic mass is 10.2. The average molecular weight is 470 g/mol. The van der Waals surface area contributed by atoms with Gasteiger partial charge in [0.2, 0.25) is 0 Å². The standard InChI is InChI=1S/C19H30N6.HI/c1-5-20-19(22-15-17-11-12-23-24(17)4)21-13-14-25(6-2)18-10-8-7-9-16(18)3;/h7-12H,5-6,13-15H2,1-4H3,(H2,20,21,22);1H. The van der Waals surface area contributed by atoms with Crippen molar-refractivity contribution in [2.24, 2.45) is 12.0 Å². The fraction of sp³-hybridized carbons (Fsp3) is 0.474. The minimum absolute atomic E-state index is 0. The van der Waals surface area contributed by atoms with Crippen molar-refractivity contribution in [2.45, 2.75) is 27.3 Å². The van der Waals surface area contributed by atoms with Gasteiger partial charge in [0.15, 0.2) is 5.96 Å². The third-order valence-corrected chi connectivity index (χ3v) is 4.18. The Hall–Kier alpha value is -1.77. The highest BCUT2D eigenvalue weighted by molar-refractivity contribution is 14.0. The molecule has 0 aliphatic heterocycles. The number of aryl methyl sites for hydroxylation is 2. The zero-order valence-electron chi connectivity index (χ0n) is 16.2. The lowest BCUT2D eigenvalue weighted by molar-refractivity contribution is 0.705. The zero-order chi connectivity index (χ0) is 18.1. The molecule has 2 N–H and O–H groups in total. The fourth-order valence-corrected chi connectivity index (χ4v) is 2.73. The maximum Gasteiger partial charge on any atom is 0.191 e. The van der Waals surface area contributed by atoms with E-state index in [-0.39, 0.29) is 24.0 Å². The molecule has 1 aromatic carbocycles. The summed E-state index contributed by atoms with van der Waals surface area (Å²) < 4.78 is 1.85. The first-order chi connectivity index (χ1) is 12.2. The van der Waals surface area contributed by atoms with E-state index < -0.39 is 0 Å². The Morgan fingerprint density at radius 3 is 2.58 bits per heavy atom. The zero-order valence-corrected chi connectivity index (χ0v) is 18.5. The van der Waals surface area contributed by atoms with Gasteiger partial charge in [-0.1, -0.05) is 18.2 Å². The first-order valence-corrected chi connectivity index (χ1v) is 8.95. The molecule has 0 spiro atoms. The molecular formula is C19H31IN6. The van der Waals surface area contributed by atoms with E-state index in [0.717, 1.165) is 37.8 Å². The van der Waals surface area contributed by atoms with E-state index in [9.17, 15) is 0 Å². The highest BCUT2D eigenvalue weighted by atomic mass is 127. The molecule has 144 valence electrons. The summed E-state index contributed by atoms with van der Waals surface area (Å²) >= 11 is 0. The number of hydrogen-bond donors (Lipinski definition) is 2. The number of anilines is 1. The summed E-state index contributed by atoms with van der Waals surface area (Å²) in [7, 11) is 1.94. The van der Waals surface area contributed by atoms with Gasteiger partial charge in [-0.3, -0.25) is 4.68 Å². The number of aliphatic imine (C=N–C) groups is 1. The molecule has 26 heavy (non-hydrogen) atoms. The molecule has 0 aliphatic carbocycles. The molecule has 7 heteroatoms. The molecule has 2 rings (SSSR count). The molecule has 0 saturated heterocycles. The van der Waals surface area contributed by atoms with E-state index in [0.29, 0.717) is 6.54 Å². The topological polar surface area (TPSA) is 57.5 Å². The lowest BCUT2D eigenvalue weighted by Gasteiger charge is -2.25. The molecule has 0 fully saturated rings. The van der Waals surface area contributed by atoms with Gasteiger partial charge >= 0.3 is 0 Å². The number of guanidine groups is 1. The Morgan fingerprint density at radius 1 is 1.19 bits per heavy atom. The molecule has 0 radical (unpaired) electrons. The van der Waals surface area contributed by atoms with Crippen molar-refractivity contribution >= 4 is 35.6 Å². The predicted octanol–water partition coefficient (Wildman–Crippen LogP) is 2.93. The molecule has 0 unspecified atom stereocenters. The van der Waals surface area contributed by atoms with E-state index >= 15 is 0 Å². The molecule has 1 heterocycles. The highest BCUT2D eigenvalue weighted by Crippen LogP contribution is 2.18. The molecule has 1 aromatic heterocycles. The SMILES string of the molecule is CCNC(=NCc1ccnn1C)NCCN(CC)c1ccccc1C.I. The second-order valence-corrected chi connectivity index (χ2v) is 5.93. The van der Waals surface area contributed by atoms with Crippen molar-refractivity contribution in [1.29, 1.82) is 0 Å². The number of aromatic nitrogens is 2. The Morgan fingerprint density at radius 2 is 1.96 bits per heavy atom. The number of halogens is 1. The normalized spacial score (nSPS) is 11.0. The summed E-state index contributed by atoms with van der Waals surface area (Å²) in [6, 6.07) is 10.5. The first kappa shape index (κ1) is 22.3. The van der Waals surface area contributed by atoms with Crippen LogP contribution in [0.2, 0.25) is 0 Å². The minimum Gasteiger partial charge on any atom is -0.370 e. The van der Waals surface area contributed by atoms with Gasteiger partial charge in [-0.25, -0.2) is 4.99 Å². The maximum absolute atomic E-state index is 4.64. The third kappa shape index (κ3) is 6.51. The van der Waals surface area contributed by atoms with Crippen LogP contribution in [0.1, 0.15) is 25.1 Å². The maximum atomic E-state index is 4.64. The van der Waals surface area contributed by atoms with Crippen LogP contribution in [0.4, 0.5) is 5.69 Å². The second kappa shape index (κ2) is 11.8. The van der Waals surface area contributed by atoms with Gasteiger partial charge in [0.1, 0.15) is 0 Å². The van der Waals surface area contributed by atoms with Crippen LogP contribution < -0.4 is 15.5 Å². The van der Waals surface area contributed by atoms with Crippen molar-refractivity contribution in [1.82, 2.24) is 20.4 Å². The second-order valence-electron chi connectivity index (χ2n) is 5.93. The monoisotopic (exact) mass is 470 g/mol. The molecule has 2 aromatic rings. The Bertz CT molecular complexity index is 682. The summed E-state index contributed by atoms with van der Waals surface area (Å²) in [6.07, 6.45) is 1.80. The van der Waals surface area contributed by atoms with E-state index in [1.807, 2.05) is 17.8 Å². The Balaban J connectivity index is 0.00000338. The van der Waals surface area contributed by atoms with Crippen LogP contribution in [0.15, 0.2) is 41.5 Å². The average Bonchev–Trinajstić information content (AvgIpc) is 3.02. The number of hydrogen-bond acceptors (Lipinski definition) is 3. The van der Waals surface area contributed by atoms with E-state index in [2.05, 4.69) is 70.7 Å². The van der Waals surface area contributed by atoms with Gasteiger partial charge < -0.3 is 15.5 Å². The number of nitrogens with zero attached hydrogens (tertiary/aromatic N) is 4. The largest absolute Gasteiger partial charge is 0.370 e. The predicted molar refractivity (Wildman–Crippen MR) is 121 cm³/mol. The van der Waals surface area contributed by atoms with Crippen LogP contribution in [0.3, 0.4) is 0 Å². The van der Waals surface area contributed by atoms with Crippen molar-refractivity contribution < 1.29 is 0 Å². The summed E-state index contributed by atoms with van der Waals surface area (Å²) in [5.74, 6) is 0.838. The number of benzene rings is 1. The van der Waals surface area contributed by atoms with Crippen molar-refractivity contribution in [3.63, 3.8) is 0 Å². The lowest BCUT2D eigenvalue weighted by Crippen LogP contribution is -2.41. The van der Waals surface area contributed by atoms with Gasteiger partial charge in [0, 0.05) is 45.1 Å². The van der Waals surface area contributed by atoms with E-state index in [4.69, 9.17) is 0 Å². The van der Waals surface area contributed by atoms with Crippen LogP contribution in [0, 0.1) is 6.92 Å². The highest BCUT2D eigenvalue weighted by Gasteiger charge is 2.07. The molecule has 6 nitrogen and oxygen atoms in total. The molecule has 0 aliphatic rings. The van der Waals surface area contributed by atoms with Crippen LogP contribution in [-0.2, 0) is 13.6 Å². The number of para-hydroxylation sites is 1. The Labute approximate surface area is 174 Å². The van der Waals surface area contributed by atoms with Crippen molar-refractivity contribution in [3.8, 4) is 0 Å². The number of nitrogens with one attached hydrogen (secondary N) is 2. The molecule has 0 saturated carbocycles. The molecule has 0 bridgehead atoms. The van der Waals surface area contributed by atoms with E-state index in [1.165, 1.54) is 11.3 Å². The number of rotatable bonds is 8. The van der Waals surface area contributed by atoms with Gasteiger partial charge in [0.25, 0.3) is 0 Å². The van der Waals surface area contributed by atoms with Gasteiger partial charge in [-0.2, -0.15) is 5.10 Å². The van der Waals surface area contributed by atoms with Crippen LogP contribution in [0.5, 0.6) is 0 Å². The van der Waals surface area contributed by atoms with Crippen molar-refractivity contribution in [2.75, 3.05) is 31.1 Å². The third-order valence-electron chi connectivity index (χ3n) is 4.18. The quantitative estimate of drug-likeness (QED) is 0.354. The van der Waals surface area contributed by atoms with Crippen LogP contribution >= 0.6 is 24.0 Å². The minimum atomic E-state index is 0. The van der Waals surface area contributed by atoms with Gasteiger partial charge in [0.05, 0.1) is 12.2 Å². The van der Waals surface area contributed by atoms with E-state index in [1.54, 1.807) is 6.20 Å². The molecular weight excluding hydrogens is 439 g/mol. The summed E-state index contributed by atoms with van der Waals surface area (Å²) in [5.41, 5.74) is 3.69. The number of likely N-dealkylation sites (N-methyl/N-ethyl adjacent to an activating group) is 1. The summed E-state index contributed by atoms with van der Waals surface area (Å²) in [5, 5.41) is 10.9.